The average molecular weight is 359 g/mol. The van der Waals surface area contributed by atoms with Gasteiger partial charge in [-0.15, -0.1) is 0 Å². The molecule has 0 atom stereocenters. The topological polar surface area (TPSA) is 92.0 Å². The number of oxime groups is 1. The molecule has 3 rings (SSSR count). The van der Waals surface area contributed by atoms with Crippen LogP contribution in [0.3, 0.4) is 0 Å². The van der Waals surface area contributed by atoms with E-state index >= 15 is 0 Å². The molecule has 0 fully saturated rings. The summed E-state index contributed by atoms with van der Waals surface area (Å²) in [7, 11) is 0. The van der Waals surface area contributed by atoms with Gasteiger partial charge in [-0.3, -0.25) is 0 Å². The summed E-state index contributed by atoms with van der Waals surface area (Å²) >= 11 is 0. The molecule has 127 valence electrons. The van der Waals surface area contributed by atoms with Gasteiger partial charge in [0.25, 0.3) is 0 Å². The van der Waals surface area contributed by atoms with Crippen molar-refractivity contribution >= 4 is 52.1 Å². The zero-order chi connectivity index (χ0) is 17.6. The molecule has 0 bridgehead atoms. The molecule has 1 heterocycles. The number of hydrogen-bond donors (Lipinski definition) is 2. The molecule has 1 aromatic heterocycles. The second-order valence-corrected chi connectivity index (χ2v) is 5.46. The van der Waals surface area contributed by atoms with E-state index in [9.17, 15) is 4.79 Å². The summed E-state index contributed by atoms with van der Waals surface area (Å²) in [5.41, 5.74) is 2.15. The Kier molecular flexibility index (Phi) is 7.15. The Balaban J connectivity index is 0.00000243. The number of carboxylic acids is 1. The number of ether oxygens (including phenoxy) is 1. The van der Waals surface area contributed by atoms with Gasteiger partial charge >= 0.3 is 5.97 Å². The standard InChI is InChI=1S/C19H16N2O4.Na/c22-19(23)18(21-24)11-13-5-9-16(10-6-13)25-12-15-8-7-14-3-1-2-4-17(14)20-15;/h1-10,24H,11-12H2,(H,22,23);. The second kappa shape index (κ2) is 9.33. The number of rotatable bonds is 6. The maximum absolute atomic E-state index is 10.8. The molecule has 2 N–H and O–H groups in total. The summed E-state index contributed by atoms with van der Waals surface area (Å²) in [6.45, 7) is 0.336. The number of aromatic nitrogens is 1. The van der Waals surface area contributed by atoms with Gasteiger partial charge in [-0.05, 0) is 29.8 Å². The number of pyridine rings is 1. The Morgan fingerprint density at radius 3 is 2.46 bits per heavy atom. The van der Waals surface area contributed by atoms with Crippen LogP contribution < -0.4 is 4.74 Å². The third kappa shape index (κ3) is 5.05. The van der Waals surface area contributed by atoms with E-state index in [0.717, 1.165) is 16.6 Å². The van der Waals surface area contributed by atoms with Crippen LogP contribution in [0.1, 0.15) is 11.3 Å². The Hall–Kier alpha value is -2.41. The first-order chi connectivity index (χ1) is 12.2. The van der Waals surface area contributed by atoms with Crippen LogP contribution in [-0.2, 0) is 17.8 Å². The number of fused-ring (bicyclic) bond motifs is 1. The molecule has 3 aromatic rings. The first-order valence-corrected chi connectivity index (χ1v) is 7.66. The van der Waals surface area contributed by atoms with E-state index in [2.05, 4.69) is 10.1 Å². The van der Waals surface area contributed by atoms with Gasteiger partial charge in [0.1, 0.15) is 12.4 Å². The van der Waals surface area contributed by atoms with Crippen molar-refractivity contribution in [2.24, 2.45) is 5.16 Å². The summed E-state index contributed by atoms with van der Waals surface area (Å²) in [6.07, 6.45) is 0.0400. The Bertz CT molecular complexity index is 926. The van der Waals surface area contributed by atoms with Gasteiger partial charge in [-0.2, -0.15) is 0 Å². The van der Waals surface area contributed by atoms with Crippen molar-refractivity contribution in [1.29, 1.82) is 0 Å². The largest absolute Gasteiger partial charge is 0.487 e. The third-order valence-electron chi connectivity index (χ3n) is 3.71. The van der Waals surface area contributed by atoms with Crippen LogP contribution in [0.2, 0.25) is 0 Å². The molecule has 2 aromatic carbocycles. The molecule has 0 spiro atoms. The van der Waals surface area contributed by atoms with Crippen LogP contribution in [-0.4, -0.2) is 56.5 Å². The maximum atomic E-state index is 10.8. The fourth-order valence-corrected chi connectivity index (χ4v) is 2.40. The van der Waals surface area contributed by atoms with Gasteiger partial charge in [0.2, 0.25) is 0 Å². The molecule has 0 amide bonds. The number of aliphatic carboxylic acids is 1. The minimum atomic E-state index is -1.25. The zero-order valence-electron chi connectivity index (χ0n) is 14.3. The van der Waals surface area contributed by atoms with E-state index in [1.165, 1.54) is 0 Å². The van der Waals surface area contributed by atoms with Crippen molar-refractivity contribution in [3.63, 3.8) is 0 Å². The molecule has 0 aliphatic heterocycles. The van der Waals surface area contributed by atoms with Crippen LogP contribution in [0, 0.1) is 0 Å². The van der Waals surface area contributed by atoms with Crippen LogP contribution in [0.5, 0.6) is 5.75 Å². The van der Waals surface area contributed by atoms with Crippen LogP contribution in [0.25, 0.3) is 10.9 Å². The number of nitrogens with zero attached hydrogens (tertiary/aromatic N) is 2. The van der Waals surface area contributed by atoms with Gasteiger partial charge in [0.15, 0.2) is 5.71 Å². The second-order valence-electron chi connectivity index (χ2n) is 5.46. The van der Waals surface area contributed by atoms with E-state index in [-0.39, 0.29) is 41.7 Å². The monoisotopic (exact) mass is 359 g/mol. The molecular formula is C19H16N2NaO4. The van der Waals surface area contributed by atoms with Crippen LogP contribution in [0.15, 0.2) is 65.8 Å². The fourth-order valence-electron chi connectivity index (χ4n) is 2.40. The molecule has 26 heavy (non-hydrogen) atoms. The summed E-state index contributed by atoms with van der Waals surface area (Å²) in [5.74, 6) is -0.596. The SMILES string of the molecule is O=C(O)C(Cc1ccc(OCc2ccc3ccccc3n2)cc1)=NO.[Na]. The van der Waals surface area contributed by atoms with E-state index in [1.807, 2.05) is 36.4 Å². The number of para-hydroxylation sites is 1. The summed E-state index contributed by atoms with van der Waals surface area (Å²) in [6, 6.07) is 18.8. The minimum absolute atomic E-state index is 0. The first kappa shape index (κ1) is 19.9. The van der Waals surface area contributed by atoms with Crippen molar-refractivity contribution in [3.05, 3.63) is 71.9 Å². The fraction of sp³-hybridized carbons (Fsp3) is 0.105. The smallest absolute Gasteiger partial charge is 0.354 e. The van der Waals surface area contributed by atoms with E-state index in [4.69, 9.17) is 15.1 Å². The number of carboxylic acid groups (broad SMARTS) is 1. The average Bonchev–Trinajstić information content (AvgIpc) is 2.65. The number of hydrogen-bond acceptors (Lipinski definition) is 5. The van der Waals surface area contributed by atoms with Gasteiger partial charge in [0.05, 0.1) is 11.2 Å². The quantitative estimate of drug-likeness (QED) is 0.306. The number of carbonyl (C=O) groups is 1. The van der Waals surface area contributed by atoms with Crippen molar-refractivity contribution in [2.75, 3.05) is 0 Å². The molecule has 1 radical (unpaired) electrons. The summed E-state index contributed by atoms with van der Waals surface area (Å²) in [5, 5.41) is 21.4. The molecule has 0 aliphatic rings. The minimum Gasteiger partial charge on any atom is -0.487 e. The molecule has 7 heteroatoms. The van der Waals surface area contributed by atoms with E-state index in [0.29, 0.717) is 17.9 Å². The third-order valence-corrected chi connectivity index (χ3v) is 3.71. The molecule has 6 nitrogen and oxygen atoms in total. The van der Waals surface area contributed by atoms with Crippen molar-refractivity contribution < 1.29 is 19.8 Å². The Morgan fingerprint density at radius 1 is 1.04 bits per heavy atom. The molecule has 0 aliphatic carbocycles. The van der Waals surface area contributed by atoms with Gasteiger partial charge < -0.3 is 15.1 Å². The Labute approximate surface area is 172 Å². The summed E-state index contributed by atoms with van der Waals surface area (Å²) < 4.78 is 5.72. The van der Waals surface area contributed by atoms with Crippen LogP contribution in [0.4, 0.5) is 0 Å². The molecule has 0 saturated heterocycles. The Morgan fingerprint density at radius 2 is 1.77 bits per heavy atom. The van der Waals surface area contributed by atoms with E-state index in [1.54, 1.807) is 24.3 Å². The predicted octanol–water partition coefficient (Wildman–Crippen LogP) is 2.89. The van der Waals surface area contributed by atoms with Crippen molar-refractivity contribution in [2.45, 2.75) is 13.0 Å². The van der Waals surface area contributed by atoms with Gasteiger partial charge in [-0.1, -0.05) is 41.6 Å². The van der Waals surface area contributed by atoms with Gasteiger partial charge in [-0.25, -0.2) is 9.78 Å². The maximum Gasteiger partial charge on any atom is 0.354 e. The van der Waals surface area contributed by atoms with E-state index < -0.39 is 5.97 Å². The normalized spacial score (nSPS) is 11.0. The molecule has 0 saturated carbocycles. The van der Waals surface area contributed by atoms with Gasteiger partial charge in [0, 0.05) is 41.4 Å². The number of benzene rings is 2. The molecule has 0 unspecified atom stereocenters. The first-order valence-electron chi connectivity index (χ1n) is 7.66. The van der Waals surface area contributed by atoms with Crippen molar-refractivity contribution in [1.82, 2.24) is 4.98 Å². The zero-order valence-corrected chi connectivity index (χ0v) is 16.3. The summed E-state index contributed by atoms with van der Waals surface area (Å²) in [4.78, 5) is 15.4. The molecular weight excluding hydrogens is 343 g/mol. The predicted molar refractivity (Wildman–Crippen MR) is 98.8 cm³/mol. The van der Waals surface area contributed by atoms with Crippen LogP contribution >= 0.6 is 0 Å². The van der Waals surface area contributed by atoms with Crippen molar-refractivity contribution in [3.8, 4) is 5.75 Å².